The Morgan fingerprint density at radius 3 is 2.60 bits per heavy atom. The Morgan fingerprint density at radius 2 is 2.20 bits per heavy atom. The third-order valence-corrected chi connectivity index (χ3v) is 5.33. The van der Waals surface area contributed by atoms with E-state index in [2.05, 4.69) is 44.1 Å². The number of halogens is 2. The van der Waals surface area contributed by atoms with Crippen molar-refractivity contribution in [3.8, 4) is 0 Å². The number of carbonyl (C=O) groups is 1. The quantitative estimate of drug-likeness (QED) is 0.806. The second kappa shape index (κ2) is 6.01. The highest BCUT2D eigenvalue weighted by Crippen LogP contribution is 2.18. The van der Waals surface area contributed by atoms with Crippen LogP contribution in [-0.4, -0.2) is 22.1 Å². The van der Waals surface area contributed by atoms with Crippen LogP contribution in [0.25, 0.3) is 0 Å². The molecule has 0 aliphatic rings. The number of nitrogens with one attached hydrogen (secondary N) is 1. The summed E-state index contributed by atoms with van der Waals surface area (Å²) in [6, 6.07) is 3.72. The molecule has 0 saturated heterocycles. The van der Waals surface area contributed by atoms with Crippen LogP contribution >= 0.6 is 43.2 Å². The second-order valence-corrected chi connectivity index (χ2v) is 5.40. The molecule has 15 heavy (non-hydrogen) atoms. The highest BCUT2D eigenvalue weighted by molar-refractivity contribution is 9.09. The van der Waals surface area contributed by atoms with Gasteiger partial charge in [-0.25, -0.2) is 0 Å². The first-order valence-corrected chi connectivity index (χ1v) is 7.77. The lowest BCUT2D eigenvalue weighted by Crippen LogP contribution is -2.50. The zero-order chi connectivity index (χ0) is 11.3. The molecule has 84 valence electrons. The van der Waals surface area contributed by atoms with E-state index in [1.807, 2.05) is 17.5 Å². The van der Waals surface area contributed by atoms with Crippen molar-refractivity contribution in [3.63, 3.8) is 0 Å². The smallest absolute Gasteiger partial charge is 0.261 e. The van der Waals surface area contributed by atoms with E-state index < -0.39 is 0 Å². The molecule has 1 aromatic heterocycles. The molecule has 1 heterocycles. The van der Waals surface area contributed by atoms with E-state index in [1.165, 1.54) is 11.3 Å². The van der Waals surface area contributed by atoms with E-state index in [0.29, 0.717) is 0 Å². The Morgan fingerprint density at radius 1 is 1.53 bits per heavy atom. The van der Waals surface area contributed by atoms with Gasteiger partial charge >= 0.3 is 0 Å². The number of alkyl halides is 2. The molecule has 2 nitrogen and oxygen atoms in total. The Labute approximate surface area is 111 Å². The number of hydrogen-bond donors (Lipinski definition) is 1. The molecule has 5 heteroatoms. The summed E-state index contributed by atoms with van der Waals surface area (Å²) in [5.74, 6) is 0.00532. The summed E-state index contributed by atoms with van der Waals surface area (Å²) in [4.78, 5) is 12.6. The van der Waals surface area contributed by atoms with Gasteiger partial charge < -0.3 is 5.32 Å². The van der Waals surface area contributed by atoms with E-state index in [4.69, 9.17) is 0 Å². The summed E-state index contributed by atoms with van der Waals surface area (Å²) in [6.07, 6.45) is 0.889. The molecule has 0 fully saturated rings. The zero-order valence-corrected chi connectivity index (χ0v) is 12.4. The fourth-order valence-corrected chi connectivity index (χ4v) is 3.71. The molecular formula is C10H13Br2NOS. The van der Waals surface area contributed by atoms with Gasteiger partial charge in [-0.1, -0.05) is 44.8 Å². The lowest BCUT2D eigenvalue weighted by molar-refractivity contribution is 0.0919. The molecule has 1 N–H and O–H groups in total. The normalized spacial score (nSPS) is 11.4. The van der Waals surface area contributed by atoms with Crippen LogP contribution in [0.4, 0.5) is 0 Å². The highest BCUT2D eigenvalue weighted by atomic mass is 79.9. The van der Waals surface area contributed by atoms with Crippen LogP contribution in [0.5, 0.6) is 0 Å². The van der Waals surface area contributed by atoms with Crippen molar-refractivity contribution in [1.29, 1.82) is 0 Å². The largest absolute Gasteiger partial charge is 0.344 e. The van der Waals surface area contributed by atoms with E-state index in [-0.39, 0.29) is 11.4 Å². The van der Waals surface area contributed by atoms with Gasteiger partial charge in [0.1, 0.15) is 0 Å². The average molecular weight is 355 g/mol. The Balaban J connectivity index is 2.71. The molecular weight excluding hydrogens is 342 g/mol. The van der Waals surface area contributed by atoms with Crippen molar-refractivity contribution in [1.82, 2.24) is 5.32 Å². The number of carbonyl (C=O) groups excluding carboxylic acids is 1. The van der Waals surface area contributed by atoms with Gasteiger partial charge in [-0.15, -0.1) is 11.3 Å². The molecule has 0 aliphatic carbocycles. The molecule has 0 spiro atoms. The van der Waals surface area contributed by atoms with Crippen molar-refractivity contribution in [2.45, 2.75) is 18.9 Å². The molecule has 0 atom stereocenters. The summed E-state index contributed by atoms with van der Waals surface area (Å²) in [5.41, 5.74) is -0.193. The lowest BCUT2D eigenvalue weighted by Gasteiger charge is -2.29. The standard InChI is InChI=1S/C10H13Br2NOS/c1-2-10(6-11,7-12)13-9(14)8-4-3-5-15-8/h3-5H,2,6-7H2,1H3,(H,13,14). The second-order valence-electron chi connectivity index (χ2n) is 3.33. The van der Waals surface area contributed by atoms with Crippen molar-refractivity contribution in [3.05, 3.63) is 22.4 Å². The van der Waals surface area contributed by atoms with Crippen LogP contribution in [0, 0.1) is 0 Å². The number of thiophene rings is 1. The maximum Gasteiger partial charge on any atom is 0.261 e. The summed E-state index contributed by atoms with van der Waals surface area (Å²) in [5, 5.41) is 6.46. The number of amides is 1. The molecule has 1 rings (SSSR count). The minimum absolute atomic E-state index is 0.00532. The van der Waals surface area contributed by atoms with Crippen LogP contribution < -0.4 is 5.32 Å². The first-order chi connectivity index (χ1) is 7.17. The molecule has 1 amide bonds. The van der Waals surface area contributed by atoms with Gasteiger partial charge in [0.25, 0.3) is 5.91 Å². The van der Waals surface area contributed by atoms with E-state index in [0.717, 1.165) is 22.0 Å². The average Bonchev–Trinajstić information content (AvgIpc) is 2.79. The van der Waals surface area contributed by atoms with E-state index >= 15 is 0 Å². The van der Waals surface area contributed by atoms with Crippen LogP contribution in [0.3, 0.4) is 0 Å². The highest BCUT2D eigenvalue weighted by Gasteiger charge is 2.28. The minimum atomic E-state index is -0.193. The summed E-state index contributed by atoms with van der Waals surface area (Å²) in [6.45, 7) is 2.07. The molecule has 0 unspecified atom stereocenters. The van der Waals surface area contributed by atoms with Crippen molar-refractivity contribution in [2.75, 3.05) is 10.7 Å². The number of rotatable bonds is 5. The lowest BCUT2D eigenvalue weighted by atomic mass is 10.0. The first kappa shape index (κ1) is 13.2. The molecule has 1 aromatic rings. The molecule has 0 aromatic carbocycles. The van der Waals surface area contributed by atoms with Crippen molar-refractivity contribution in [2.24, 2.45) is 0 Å². The SMILES string of the molecule is CCC(CBr)(CBr)NC(=O)c1cccs1. The fraction of sp³-hybridized carbons (Fsp3) is 0.500. The monoisotopic (exact) mass is 353 g/mol. The van der Waals surface area contributed by atoms with Gasteiger partial charge in [-0.2, -0.15) is 0 Å². The van der Waals surface area contributed by atoms with E-state index in [1.54, 1.807) is 0 Å². The minimum Gasteiger partial charge on any atom is -0.344 e. The van der Waals surface area contributed by atoms with Crippen LogP contribution in [0.15, 0.2) is 17.5 Å². The Hall–Kier alpha value is 0.130. The maximum atomic E-state index is 11.9. The van der Waals surface area contributed by atoms with E-state index in [9.17, 15) is 4.79 Å². The van der Waals surface area contributed by atoms with Gasteiger partial charge in [0.15, 0.2) is 0 Å². The van der Waals surface area contributed by atoms with Crippen molar-refractivity contribution < 1.29 is 4.79 Å². The number of hydrogen-bond acceptors (Lipinski definition) is 2. The summed E-state index contributed by atoms with van der Waals surface area (Å²) < 4.78 is 0. The predicted octanol–water partition coefficient (Wildman–Crippen LogP) is 3.42. The van der Waals surface area contributed by atoms with Gasteiger partial charge in [0, 0.05) is 10.7 Å². The third kappa shape index (κ3) is 3.29. The fourth-order valence-electron chi connectivity index (χ4n) is 1.09. The van der Waals surface area contributed by atoms with Crippen LogP contribution in [-0.2, 0) is 0 Å². The molecule has 0 saturated carbocycles. The summed E-state index contributed by atoms with van der Waals surface area (Å²) >= 11 is 8.35. The third-order valence-electron chi connectivity index (χ3n) is 2.31. The first-order valence-electron chi connectivity index (χ1n) is 4.65. The van der Waals surface area contributed by atoms with Crippen LogP contribution in [0.1, 0.15) is 23.0 Å². The Kier molecular flexibility index (Phi) is 5.29. The van der Waals surface area contributed by atoms with Gasteiger partial charge in [-0.05, 0) is 17.9 Å². The van der Waals surface area contributed by atoms with Gasteiger partial charge in [0.05, 0.1) is 10.4 Å². The molecule has 0 radical (unpaired) electrons. The predicted molar refractivity (Wildman–Crippen MR) is 72.4 cm³/mol. The van der Waals surface area contributed by atoms with Crippen molar-refractivity contribution >= 4 is 49.1 Å². The Bertz CT molecular complexity index is 301. The summed E-state index contributed by atoms with van der Waals surface area (Å²) in [7, 11) is 0. The zero-order valence-electron chi connectivity index (χ0n) is 8.43. The van der Waals surface area contributed by atoms with Crippen LogP contribution in [0.2, 0.25) is 0 Å². The molecule has 0 bridgehead atoms. The maximum absolute atomic E-state index is 11.9. The van der Waals surface area contributed by atoms with Gasteiger partial charge in [-0.3, -0.25) is 4.79 Å². The molecule has 0 aliphatic heterocycles. The van der Waals surface area contributed by atoms with Gasteiger partial charge in [0.2, 0.25) is 0 Å². The topological polar surface area (TPSA) is 29.1 Å².